The third-order valence-electron chi connectivity index (χ3n) is 3.42. The Hall–Kier alpha value is -1.68. The number of benzene rings is 1. The van der Waals surface area contributed by atoms with Crippen LogP contribution < -0.4 is 5.73 Å². The number of hydrogen-bond acceptors (Lipinski definition) is 2. The van der Waals surface area contributed by atoms with Crippen molar-refractivity contribution < 1.29 is 4.39 Å². The van der Waals surface area contributed by atoms with Crippen molar-refractivity contribution in [1.82, 2.24) is 9.55 Å². The van der Waals surface area contributed by atoms with Crippen molar-refractivity contribution in [3.8, 4) is 0 Å². The van der Waals surface area contributed by atoms with E-state index < -0.39 is 5.54 Å². The van der Waals surface area contributed by atoms with Gasteiger partial charge in [0.15, 0.2) is 0 Å². The summed E-state index contributed by atoms with van der Waals surface area (Å²) in [4.78, 5) is 4.16. The summed E-state index contributed by atoms with van der Waals surface area (Å²) in [6, 6.07) is 5.31. The molecule has 1 atom stereocenters. The zero-order valence-electron chi connectivity index (χ0n) is 11.8. The summed E-state index contributed by atoms with van der Waals surface area (Å²) in [6.45, 7) is 7.64. The van der Waals surface area contributed by atoms with E-state index in [1.807, 2.05) is 31.4 Å². The summed E-state index contributed by atoms with van der Waals surface area (Å²) >= 11 is 0. The fourth-order valence-corrected chi connectivity index (χ4v) is 2.14. The first-order chi connectivity index (χ1) is 8.80. The van der Waals surface area contributed by atoms with E-state index in [4.69, 9.17) is 5.73 Å². The Bertz CT molecular complexity index is 581. The SMILES string of the molecule is Cc1ccc(C(C)n2cncc2C(C)(C)N)cc1F. The van der Waals surface area contributed by atoms with Crippen molar-refractivity contribution in [3.63, 3.8) is 0 Å². The highest BCUT2D eigenvalue weighted by molar-refractivity contribution is 5.27. The lowest BCUT2D eigenvalue weighted by atomic mass is 10.0. The molecule has 19 heavy (non-hydrogen) atoms. The standard InChI is InChI=1S/C15H20FN3/c1-10-5-6-12(7-13(10)16)11(2)19-9-18-8-14(19)15(3,4)17/h5-9,11H,17H2,1-4H3. The maximum atomic E-state index is 13.7. The second-order valence-electron chi connectivity index (χ2n) is 5.59. The van der Waals surface area contributed by atoms with Gasteiger partial charge in [-0.1, -0.05) is 12.1 Å². The van der Waals surface area contributed by atoms with Crippen molar-refractivity contribution in [2.45, 2.75) is 39.3 Å². The molecule has 0 fully saturated rings. The number of nitrogens with two attached hydrogens (primary N) is 1. The van der Waals surface area contributed by atoms with Crippen LogP contribution in [0, 0.1) is 12.7 Å². The summed E-state index contributed by atoms with van der Waals surface area (Å²) in [5.41, 5.74) is 8.15. The Kier molecular flexibility index (Phi) is 3.45. The maximum absolute atomic E-state index is 13.7. The number of aryl methyl sites for hydroxylation is 1. The molecular formula is C15H20FN3. The van der Waals surface area contributed by atoms with Crippen LogP contribution in [0.15, 0.2) is 30.7 Å². The third kappa shape index (κ3) is 2.68. The van der Waals surface area contributed by atoms with Crippen LogP contribution in [0.1, 0.15) is 43.6 Å². The predicted molar refractivity (Wildman–Crippen MR) is 74.4 cm³/mol. The van der Waals surface area contributed by atoms with Crippen LogP contribution >= 0.6 is 0 Å². The smallest absolute Gasteiger partial charge is 0.126 e. The third-order valence-corrected chi connectivity index (χ3v) is 3.42. The molecule has 0 aliphatic heterocycles. The molecule has 0 saturated heterocycles. The highest BCUT2D eigenvalue weighted by atomic mass is 19.1. The lowest BCUT2D eigenvalue weighted by molar-refractivity contribution is 0.476. The van der Waals surface area contributed by atoms with Crippen LogP contribution in [-0.2, 0) is 5.54 Å². The molecule has 0 aliphatic rings. The fourth-order valence-electron chi connectivity index (χ4n) is 2.14. The fraction of sp³-hybridized carbons (Fsp3) is 0.400. The van der Waals surface area contributed by atoms with Crippen molar-refractivity contribution in [3.05, 3.63) is 53.4 Å². The molecule has 4 heteroatoms. The van der Waals surface area contributed by atoms with Gasteiger partial charge in [0.2, 0.25) is 0 Å². The van der Waals surface area contributed by atoms with E-state index in [2.05, 4.69) is 4.98 Å². The largest absolute Gasteiger partial charge is 0.326 e. The summed E-state index contributed by atoms with van der Waals surface area (Å²) in [5, 5.41) is 0. The molecule has 3 nitrogen and oxygen atoms in total. The molecule has 0 radical (unpaired) electrons. The lowest BCUT2D eigenvalue weighted by Gasteiger charge is -2.25. The highest BCUT2D eigenvalue weighted by Crippen LogP contribution is 2.25. The van der Waals surface area contributed by atoms with Gasteiger partial charge in [-0.25, -0.2) is 9.37 Å². The van der Waals surface area contributed by atoms with Crippen LogP contribution in [-0.4, -0.2) is 9.55 Å². The maximum Gasteiger partial charge on any atom is 0.126 e. The molecule has 1 unspecified atom stereocenters. The monoisotopic (exact) mass is 261 g/mol. The number of hydrogen-bond donors (Lipinski definition) is 1. The number of nitrogens with zero attached hydrogens (tertiary/aromatic N) is 2. The number of rotatable bonds is 3. The Morgan fingerprint density at radius 2 is 2.05 bits per heavy atom. The van der Waals surface area contributed by atoms with Crippen LogP contribution in [0.25, 0.3) is 0 Å². The van der Waals surface area contributed by atoms with Gasteiger partial charge in [-0.05, 0) is 44.9 Å². The quantitative estimate of drug-likeness (QED) is 0.922. The molecule has 1 aromatic heterocycles. The summed E-state index contributed by atoms with van der Waals surface area (Å²) in [6.07, 6.45) is 3.51. The molecule has 2 aromatic rings. The van der Waals surface area contributed by atoms with Gasteiger partial charge < -0.3 is 10.3 Å². The van der Waals surface area contributed by atoms with E-state index in [1.165, 1.54) is 0 Å². The van der Waals surface area contributed by atoms with Gasteiger partial charge in [0.05, 0.1) is 29.8 Å². The molecule has 0 aliphatic carbocycles. The van der Waals surface area contributed by atoms with E-state index in [0.717, 1.165) is 11.3 Å². The normalized spacial score (nSPS) is 13.6. The molecule has 1 heterocycles. The molecular weight excluding hydrogens is 241 g/mol. The number of aromatic nitrogens is 2. The van der Waals surface area contributed by atoms with Crippen molar-refractivity contribution in [2.75, 3.05) is 0 Å². The first-order valence-electron chi connectivity index (χ1n) is 6.38. The van der Waals surface area contributed by atoms with Gasteiger partial charge in [0.1, 0.15) is 5.82 Å². The number of imidazole rings is 1. The van der Waals surface area contributed by atoms with E-state index in [1.54, 1.807) is 31.6 Å². The lowest BCUT2D eigenvalue weighted by Crippen LogP contribution is -2.32. The Labute approximate surface area is 113 Å². The van der Waals surface area contributed by atoms with Crippen molar-refractivity contribution in [1.29, 1.82) is 0 Å². The van der Waals surface area contributed by atoms with Gasteiger partial charge in [0.25, 0.3) is 0 Å². The second-order valence-corrected chi connectivity index (χ2v) is 5.59. The summed E-state index contributed by atoms with van der Waals surface area (Å²) in [5.74, 6) is -0.182. The Morgan fingerprint density at radius 3 is 2.63 bits per heavy atom. The van der Waals surface area contributed by atoms with Crippen molar-refractivity contribution in [2.24, 2.45) is 5.73 Å². The summed E-state index contributed by atoms with van der Waals surface area (Å²) < 4.78 is 15.7. The van der Waals surface area contributed by atoms with E-state index in [-0.39, 0.29) is 11.9 Å². The molecule has 0 amide bonds. The van der Waals surface area contributed by atoms with Gasteiger partial charge in [0, 0.05) is 0 Å². The Balaban J connectivity index is 2.42. The predicted octanol–water partition coefficient (Wildman–Crippen LogP) is 3.13. The van der Waals surface area contributed by atoms with Crippen LogP contribution in [0.5, 0.6) is 0 Å². The average molecular weight is 261 g/mol. The molecule has 102 valence electrons. The highest BCUT2D eigenvalue weighted by Gasteiger charge is 2.22. The minimum Gasteiger partial charge on any atom is -0.326 e. The number of halogens is 1. The van der Waals surface area contributed by atoms with E-state index in [9.17, 15) is 4.39 Å². The molecule has 0 saturated carbocycles. The van der Waals surface area contributed by atoms with Crippen LogP contribution in [0.3, 0.4) is 0 Å². The zero-order chi connectivity index (χ0) is 14.2. The van der Waals surface area contributed by atoms with Gasteiger partial charge in [-0.15, -0.1) is 0 Å². The molecule has 1 aromatic carbocycles. The minimum absolute atomic E-state index is 0.00424. The first kappa shape index (κ1) is 13.7. The van der Waals surface area contributed by atoms with Crippen LogP contribution in [0.2, 0.25) is 0 Å². The first-order valence-corrected chi connectivity index (χ1v) is 6.38. The Morgan fingerprint density at radius 1 is 1.37 bits per heavy atom. The van der Waals surface area contributed by atoms with Gasteiger partial charge >= 0.3 is 0 Å². The molecule has 0 bridgehead atoms. The second kappa shape index (κ2) is 4.78. The van der Waals surface area contributed by atoms with Gasteiger partial charge in [-0.3, -0.25) is 0 Å². The molecule has 2 rings (SSSR count). The summed E-state index contributed by atoms with van der Waals surface area (Å²) in [7, 11) is 0. The zero-order valence-corrected chi connectivity index (χ0v) is 11.8. The van der Waals surface area contributed by atoms with Gasteiger partial charge in [-0.2, -0.15) is 0 Å². The van der Waals surface area contributed by atoms with Crippen LogP contribution in [0.4, 0.5) is 4.39 Å². The van der Waals surface area contributed by atoms with E-state index in [0.29, 0.717) is 5.56 Å². The molecule has 2 N–H and O–H groups in total. The van der Waals surface area contributed by atoms with Crippen molar-refractivity contribution >= 4 is 0 Å². The molecule has 0 spiro atoms. The average Bonchev–Trinajstić information content (AvgIpc) is 2.80. The minimum atomic E-state index is -0.478. The topological polar surface area (TPSA) is 43.8 Å². The van der Waals surface area contributed by atoms with E-state index >= 15 is 0 Å².